The van der Waals surface area contributed by atoms with Crippen molar-refractivity contribution in [2.24, 2.45) is 0 Å². The summed E-state index contributed by atoms with van der Waals surface area (Å²) < 4.78 is 0. The number of aryl methyl sites for hydroxylation is 1. The molecule has 1 aliphatic rings. The molecule has 3 aromatic rings. The first-order valence-corrected chi connectivity index (χ1v) is 11.2. The molecule has 160 valence electrons. The molecule has 3 amide bonds. The number of nitrogens with one attached hydrogen (secondary N) is 2. The molecule has 0 aliphatic carbocycles. The van der Waals surface area contributed by atoms with Crippen LogP contribution in [0, 0.1) is 6.92 Å². The Kier molecular flexibility index (Phi) is 6.48. The van der Waals surface area contributed by atoms with Gasteiger partial charge in [-0.05, 0) is 55.7 Å². The van der Waals surface area contributed by atoms with Gasteiger partial charge in [0.25, 0.3) is 5.91 Å². The van der Waals surface area contributed by atoms with Gasteiger partial charge in [-0.25, -0.2) is 4.79 Å². The van der Waals surface area contributed by atoms with Crippen LogP contribution in [0.25, 0.3) is 0 Å². The van der Waals surface area contributed by atoms with Gasteiger partial charge in [0.05, 0.1) is 0 Å². The smallest absolute Gasteiger partial charge is 0.321 e. The fourth-order valence-electron chi connectivity index (χ4n) is 3.48. The molecule has 1 aliphatic heterocycles. The summed E-state index contributed by atoms with van der Waals surface area (Å²) in [5.41, 5.74) is 2.43. The summed E-state index contributed by atoms with van der Waals surface area (Å²) in [5, 5.41) is 15.8. The third-order valence-corrected chi connectivity index (χ3v) is 6.52. The van der Waals surface area contributed by atoms with Crippen molar-refractivity contribution in [2.45, 2.75) is 25.7 Å². The van der Waals surface area contributed by atoms with Gasteiger partial charge in [0, 0.05) is 35.4 Å². The Balaban J connectivity index is 1.39. The molecule has 31 heavy (non-hydrogen) atoms. The van der Waals surface area contributed by atoms with E-state index in [4.69, 9.17) is 11.6 Å². The summed E-state index contributed by atoms with van der Waals surface area (Å²) >= 11 is 7.18. The molecule has 2 aromatic carbocycles. The maximum Gasteiger partial charge on any atom is 0.321 e. The number of rotatable bonds is 4. The lowest BCUT2D eigenvalue weighted by molar-refractivity contribution is 0.102. The molecule has 1 fully saturated rings. The van der Waals surface area contributed by atoms with Crippen molar-refractivity contribution in [3.63, 3.8) is 0 Å². The third-order valence-electron chi connectivity index (χ3n) is 5.18. The van der Waals surface area contributed by atoms with Crippen molar-refractivity contribution < 1.29 is 9.59 Å². The minimum absolute atomic E-state index is 0.0576. The second-order valence-corrected chi connectivity index (χ2v) is 8.88. The van der Waals surface area contributed by atoms with E-state index in [0.717, 1.165) is 29.1 Å². The average Bonchev–Trinajstić information content (AvgIpc) is 3.28. The van der Waals surface area contributed by atoms with Crippen LogP contribution in [-0.2, 0) is 0 Å². The number of urea groups is 1. The van der Waals surface area contributed by atoms with E-state index in [2.05, 4.69) is 20.8 Å². The zero-order valence-corrected chi connectivity index (χ0v) is 18.5. The monoisotopic (exact) mass is 455 g/mol. The highest BCUT2D eigenvalue weighted by molar-refractivity contribution is 7.13. The maximum absolute atomic E-state index is 12.7. The van der Waals surface area contributed by atoms with Gasteiger partial charge in [-0.2, -0.15) is 0 Å². The molecular formula is C22H22ClN5O2S. The molecule has 9 heteroatoms. The normalized spacial score (nSPS) is 16.1. The second-order valence-electron chi connectivity index (χ2n) is 7.44. The first-order valence-electron chi connectivity index (χ1n) is 10.0. The van der Waals surface area contributed by atoms with E-state index in [9.17, 15) is 9.59 Å². The molecule has 1 aromatic heterocycles. The summed E-state index contributed by atoms with van der Waals surface area (Å²) in [6, 6.07) is 14.4. The number of para-hydroxylation sites is 1. The van der Waals surface area contributed by atoms with E-state index in [1.807, 2.05) is 31.2 Å². The number of hydrogen-bond donors (Lipinski definition) is 2. The highest BCUT2D eigenvalue weighted by Gasteiger charge is 2.28. The first kappa shape index (κ1) is 21.3. The number of anilines is 2. The summed E-state index contributed by atoms with van der Waals surface area (Å²) in [4.78, 5) is 27.0. The minimum atomic E-state index is -0.272. The van der Waals surface area contributed by atoms with Gasteiger partial charge in [0.1, 0.15) is 5.01 Å². The zero-order valence-electron chi connectivity index (χ0n) is 17.0. The third kappa shape index (κ3) is 5.21. The van der Waals surface area contributed by atoms with Gasteiger partial charge in [0.15, 0.2) is 0 Å². The molecule has 1 saturated heterocycles. The Morgan fingerprint density at radius 2 is 1.87 bits per heavy atom. The zero-order chi connectivity index (χ0) is 21.8. The van der Waals surface area contributed by atoms with Gasteiger partial charge in [0.2, 0.25) is 5.01 Å². The van der Waals surface area contributed by atoms with Gasteiger partial charge in [-0.15, -0.1) is 10.2 Å². The van der Waals surface area contributed by atoms with Crippen LogP contribution in [0.4, 0.5) is 16.2 Å². The van der Waals surface area contributed by atoms with E-state index in [0.29, 0.717) is 28.8 Å². The lowest BCUT2D eigenvalue weighted by Crippen LogP contribution is -2.41. The molecule has 1 atom stereocenters. The maximum atomic E-state index is 12.7. The predicted octanol–water partition coefficient (Wildman–Crippen LogP) is 5.16. The molecule has 4 rings (SSSR count). The van der Waals surface area contributed by atoms with Crippen molar-refractivity contribution in [3.8, 4) is 0 Å². The van der Waals surface area contributed by atoms with Crippen LogP contribution in [-0.4, -0.2) is 40.1 Å². The van der Waals surface area contributed by atoms with Crippen LogP contribution < -0.4 is 10.6 Å². The van der Waals surface area contributed by atoms with E-state index in [1.165, 1.54) is 11.3 Å². The molecule has 0 saturated carbocycles. The number of nitrogens with zero attached hydrogens (tertiary/aromatic N) is 3. The molecule has 0 unspecified atom stereocenters. The lowest BCUT2D eigenvalue weighted by atomic mass is 9.99. The number of halogens is 1. The van der Waals surface area contributed by atoms with Crippen LogP contribution in [0.1, 0.15) is 39.1 Å². The molecule has 0 bridgehead atoms. The second kappa shape index (κ2) is 9.45. The van der Waals surface area contributed by atoms with E-state index >= 15 is 0 Å². The Hall–Kier alpha value is -2.97. The quantitative estimate of drug-likeness (QED) is 0.568. The number of hydrogen-bond acceptors (Lipinski definition) is 5. The molecule has 0 spiro atoms. The van der Waals surface area contributed by atoms with Crippen LogP contribution >= 0.6 is 22.9 Å². The van der Waals surface area contributed by atoms with Crippen molar-refractivity contribution in [1.29, 1.82) is 0 Å². The van der Waals surface area contributed by atoms with Gasteiger partial charge < -0.3 is 15.5 Å². The Morgan fingerprint density at radius 1 is 1.10 bits per heavy atom. The average molecular weight is 456 g/mol. The minimum Gasteiger partial charge on any atom is -0.324 e. The molecular weight excluding hydrogens is 434 g/mol. The van der Waals surface area contributed by atoms with Crippen molar-refractivity contribution in [2.75, 3.05) is 23.7 Å². The van der Waals surface area contributed by atoms with Crippen LogP contribution in [0.15, 0.2) is 48.5 Å². The SMILES string of the molecule is Cc1ccccc1NC(=O)c1nnc([C@H]2CCCN(C(=O)Nc3ccc(Cl)cc3)C2)s1. The summed E-state index contributed by atoms with van der Waals surface area (Å²) in [7, 11) is 0. The lowest BCUT2D eigenvalue weighted by Gasteiger charge is -2.31. The fraction of sp³-hybridized carbons (Fsp3) is 0.273. The number of carbonyl (C=O) groups excluding carboxylic acids is 2. The molecule has 2 heterocycles. The van der Waals surface area contributed by atoms with Gasteiger partial charge in [-0.1, -0.05) is 41.1 Å². The fourth-order valence-corrected chi connectivity index (χ4v) is 4.47. The van der Waals surface area contributed by atoms with E-state index in [1.54, 1.807) is 29.2 Å². The number of piperidine rings is 1. The highest BCUT2D eigenvalue weighted by Crippen LogP contribution is 2.30. The number of amides is 3. The standard InChI is InChI=1S/C22H22ClN5O2S/c1-14-5-2-3-7-18(14)25-19(29)21-27-26-20(31-21)15-6-4-12-28(13-15)22(30)24-17-10-8-16(23)9-11-17/h2-3,5,7-11,15H,4,6,12-13H2,1H3,(H,24,30)(H,25,29)/t15-/m0/s1. The van der Waals surface area contributed by atoms with Crippen molar-refractivity contribution in [1.82, 2.24) is 15.1 Å². The number of aromatic nitrogens is 2. The Labute approximate surface area is 189 Å². The van der Waals surface area contributed by atoms with Crippen LogP contribution in [0.5, 0.6) is 0 Å². The summed E-state index contributed by atoms with van der Waals surface area (Å²) in [5.74, 6) is -0.214. The topological polar surface area (TPSA) is 87.2 Å². The number of carbonyl (C=O) groups is 2. The number of likely N-dealkylation sites (tertiary alicyclic amines) is 1. The van der Waals surface area contributed by atoms with Crippen molar-refractivity contribution in [3.05, 3.63) is 69.1 Å². The van der Waals surface area contributed by atoms with E-state index in [-0.39, 0.29) is 17.9 Å². The van der Waals surface area contributed by atoms with Crippen LogP contribution in [0.2, 0.25) is 5.02 Å². The van der Waals surface area contributed by atoms with Gasteiger partial charge in [-0.3, -0.25) is 4.79 Å². The first-order chi connectivity index (χ1) is 15.0. The molecule has 7 nitrogen and oxygen atoms in total. The van der Waals surface area contributed by atoms with Crippen LogP contribution in [0.3, 0.4) is 0 Å². The molecule has 2 N–H and O–H groups in total. The summed E-state index contributed by atoms with van der Waals surface area (Å²) in [6.45, 7) is 3.15. The largest absolute Gasteiger partial charge is 0.324 e. The predicted molar refractivity (Wildman–Crippen MR) is 123 cm³/mol. The summed E-state index contributed by atoms with van der Waals surface area (Å²) in [6.07, 6.45) is 1.77. The highest BCUT2D eigenvalue weighted by atomic mass is 35.5. The Bertz CT molecular complexity index is 1090. The Morgan fingerprint density at radius 3 is 2.65 bits per heavy atom. The number of benzene rings is 2. The molecule has 0 radical (unpaired) electrons. The van der Waals surface area contributed by atoms with Crippen molar-refractivity contribution >= 4 is 46.3 Å². The van der Waals surface area contributed by atoms with Gasteiger partial charge >= 0.3 is 6.03 Å². The van der Waals surface area contributed by atoms with E-state index < -0.39 is 0 Å².